The predicted molar refractivity (Wildman–Crippen MR) is 70.0 cm³/mol. The maximum Gasteiger partial charge on any atom is 0.316 e. The van der Waals surface area contributed by atoms with Gasteiger partial charge in [0.25, 0.3) is 0 Å². The largest absolute Gasteiger partial charge is 0.493 e. The summed E-state index contributed by atoms with van der Waals surface area (Å²) in [6, 6.07) is 5.98. The number of ether oxygens (including phenoxy) is 2. The van der Waals surface area contributed by atoms with Gasteiger partial charge in [0, 0.05) is 4.83 Å². The molecule has 82 valence electrons. The fraction of sp³-hybridized carbons (Fsp3) is 0.455. The van der Waals surface area contributed by atoms with E-state index in [0.717, 1.165) is 17.9 Å². The second kappa shape index (κ2) is 7.36. The van der Waals surface area contributed by atoms with Gasteiger partial charge in [-0.3, -0.25) is 0 Å². The van der Waals surface area contributed by atoms with Gasteiger partial charge in [-0.15, -0.1) is 0 Å². The smallest absolute Gasteiger partial charge is 0.316 e. The van der Waals surface area contributed by atoms with Gasteiger partial charge in [-0.1, -0.05) is 28.9 Å². The summed E-state index contributed by atoms with van der Waals surface area (Å²) in [6.45, 7) is 2.14. The van der Waals surface area contributed by atoms with Crippen LogP contribution in [0.4, 0.5) is 0 Å². The van der Waals surface area contributed by atoms with Gasteiger partial charge in [0.15, 0.2) is 11.5 Å². The van der Waals surface area contributed by atoms with E-state index in [1.807, 2.05) is 18.2 Å². The number of hydrogen-bond acceptors (Lipinski definition) is 2. The van der Waals surface area contributed by atoms with Crippen molar-refractivity contribution in [1.29, 1.82) is 0 Å². The zero-order chi connectivity index (χ0) is 10.6. The number of hydrogen-bond donors (Lipinski definition) is 0. The zero-order valence-electron chi connectivity index (χ0n) is 8.71. The van der Waals surface area contributed by atoms with Gasteiger partial charge in [-0.25, -0.2) is 0 Å². The lowest BCUT2D eigenvalue weighted by Crippen LogP contribution is -1.93. The van der Waals surface area contributed by atoms with Gasteiger partial charge in [-0.2, -0.15) is 0 Å². The highest BCUT2D eigenvalue weighted by atomic mass is 79.9. The third kappa shape index (κ3) is 3.85. The summed E-state index contributed by atoms with van der Waals surface area (Å²) in [4.78, 5) is 0.377. The predicted octanol–water partition coefficient (Wildman–Crippen LogP) is 2.63. The van der Waals surface area contributed by atoms with Crippen molar-refractivity contribution < 1.29 is 9.47 Å². The SMILES string of the molecule is CCC(Br)c1ccc(OC)c(OC)c1.[MgH2]. The van der Waals surface area contributed by atoms with Crippen LogP contribution in [0.1, 0.15) is 23.7 Å². The number of benzene rings is 1. The average Bonchev–Trinajstić information content (AvgIpc) is 2.26. The molecule has 0 fully saturated rings. The van der Waals surface area contributed by atoms with E-state index >= 15 is 0 Å². The fourth-order valence-corrected chi connectivity index (χ4v) is 1.57. The summed E-state index contributed by atoms with van der Waals surface area (Å²) >= 11 is 3.60. The molecule has 0 spiro atoms. The molecule has 0 aromatic heterocycles. The molecule has 0 N–H and O–H groups in total. The van der Waals surface area contributed by atoms with Gasteiger partial charge in [0.2, 0.25) is 0 Å². The Hall–Kier alpha value is 0.0662. The summed E-state index contributed by atoms with van der Waals surface area (Å²) in [5, 5.41) is 0. The van der Waals surface area contributed by atoms with E-state index in [1.165, 1.54) is 5.56 Å². The minimum absolute atomic E-state index is 0. The van der Waals surface area contributed by atoms with Crippen LogP contribution in [0.3, 0.4) is 0 Å². The van der Waals surface area contributed by atoms with Gasteiger partial charge < -0.3 is 9.47 Å². The van der Waals surface area contributed by atoms with Crippen LogP contribution in [0, 0.1) is 0 Å². The lowest BCUT2D eigenvalue weighted by Gasteiger charge is -2.12. The molecule has 15 heavy (non-hydrogen) atoms. The molecule has 0 aliphatic carbocycles. The highest BCUT2D eigenvalue weighted by molar-refractivity contribution is 9.09. The highest BCUT2D eigenvalue weighted by Crippen LogP contribution is 2.33. The van der Waals surface area contributed by atoms with Crippen molar-refractivity contribution in [3.8, 4) is 11.5 Å². The van der Waals surface area contributed by atoms with E-state index in [0.29, 0.717) is 4.83 Å². The Morgan fingerprint density at radius 1 is 1.20 bits per heavy atom. The van der Waals surface area contributed by atoms with Crippen molar-refractivity contribution in [2.45, 2.75) is 18.2 Å². The average molecular weight is 285 g/mol. The van der Waals surface area contributed by atoms with E-state index in [1.54, 1.807) is 14.2 Å². The highest BCUT2D eigenvalue weighted by Gasteiger charge is 2.09. The van der Waals surface area contributed by atoms with Crippen LogP contribution in [0.2, 0.25) is 0 Å². The van der Waals surface area contributed by atoms with Crippen molar-refractivity contribution in [2.75, 3.05) is 14.2 Å². The molecule has 0 aliphatic rings. The zero-order valence-corrected chi connectivity index (χ0v) is 10.3. The number of halogens is 1. The number of alkyl halides is 1. The molecular formula is C11H17BrMgO2. The van der Waals surface area contributed by atoms with Gasteiger partial charge in [0.05, 0.1) is 14.2 Å². The summed E-state index contributed by atoms with van der Waals surface area (Å²) < 4.78 is 10.4. The molecule has 2 nitrogen and oxygen atoms in total. The summed E-state index contributed by atoms with van der Waals surface area (Å²) in [5.41, 5.74) is 1.21. The standard InChI is InChI=1S/C11H15BrO2.Mg.2H/c1-4-9(12)8-5-6-10(13-2)11(7-8)14-3;;;/h5-7,9H,4H2,1-3H3;;;. The molecule has 1 aromatic rings. The van der Waals surface area contributed by atoms with Gasteiger partial charge in [-0.05, 0) is 24.1 Å². The molecular weight excluding hydrogens is 268 g/mol. The Bertz CT molecular complexity index is 305. The molecule has 0 saturated carbocycles. The van der Waals surface area contributed by atoms with Gasteiger partial charge in [0.1, 0.15) is 0 Å². The fourth-order valence-electron chi connectivity index (χ4n) is 1.28. The molecule has 0 heterocycles. The van der Waals surface area contributed by atoms with Crippen molar-refractivity contribution in [3.05, 3.63) is 23.8 Å². The first-order valence-electron chi connectivity index (χ1n) is 4.59. The maximum atomic E-state index is 5.23. The molecule has 1 rings (SSSR count). The Balaban J connectivity index is 0.00000196. The Kier molecular flexibility index (Phi) is 7.39. The van der Waals surface area contributed by atoms with Crippen LogP contribution < -0.4 is 9.47 Å². The number of rotatable bonds is 4. The summed E-state index contributed by atoms with van der Waals surface area (Å²) in [6.07, 6.45) is 1.05. The number of methoxy groups -OCH3 is 2. The van der Waals surface area contributed by atoms with Crippen LogP contribution >= 0.6 is 15.9 Å². The van der Waals surface area contributed by atoms with Crippen LogP contribution in [0.25, 0.3) is 0 Å². The first kappa shape index (κ1) is 15.1. The normalized spacial score (nSPS) is 11.5. The first-order chi connectivity index (χ1) is 6.72. The molecule has 0 amide bonds. The molecule has 0 saturated heterocycles. The monoisotopic (exact) mass is 284 g/mol. The van der Waals surface area contributed by atoms with Crippen molar-refractivity contribution >= 4 is 39.0 Å². The third-order valence-electron chi connectivity index (χ3n) is 2.13. The van der Waals surface area contributed by atoms with Crippen LogP contribution in [-0.4, -0.2) is 37.3 Å². The molecule has 0 radical (unpaired) electrons. The van der Waals surface area contributed by atoms with E-state index < -0.39 is 0 Å². The molecule has 1 aromatic carbocycles. The lowest BCUT2D eigenvalue weighted by atomic mass is 10.1. The minimum Gasteiger partial charge on any atom is -0.493 e. The van der Waals surface area contributed by atoms with E-state index in [2.05, 4.69) is 22.9 Å². The molecule has 1 unspecified atom stereocenters. The molecule has 0 bridgehead atoms. The molecule has 0 aliphatic heterocycles. The third-order valence-corrected chi connectivity index (χ3v) is 3.30. The van der Waals surface area contributed by atoms with Crippen molar-refractivity contribution in [3.63, 3.8) is 0 Å². The Morgan fingerprint density at radius 3 is 2.27 bits per heavy atom. The van der Waals surface area contributed by atoms with Crippen LogP contribution in [-0.2, 0) is 0 Å². The Morgan fingerprint density at radius 2 is 1.80 bits per heavy atom. The molecule has 1 atom stereocenters. The van der Waals surface area contributed by atoms with Crippen molar-refractivity contribution in [1.82, 2.24) is 0 Å². The second-order valence-corrected chi connectivity index (χ2v) is 4.10. The Labute approximate surface area is 116 Å². The first-order valence-corrected chi connectivity index (χ1v) is 5.50. The molecule has 4 heteroatoms. The topological polar surface area (TPSA) is 18.5 Å². The van der Waals surface area contributed by atoms with Crippen molar-refractivity contribution in [2.24, 2.45) is 0 Å². The minimum atomic E-state index is 0. The second-order valence-electron chi connectivity index (χ2n) is 2.99. The maximum absolute atomic E-state index is 5.23. The quantitative estimate of drug-likeness (QED) is 0.625. The van der Waals surface area contributed by atoms with Crippen LogP contribution in [0.5, 0.6) is 11.5 Å². The summed E-state index contributed by atoms with van der Waals surface area (Å²) in [5.74, 6) is 1.55. The van der Waals surface area contributed by atoms with E-state index in [9.17, 15) is 0 Å². The van der Waals surface area contributed by atoms with Gasteiger partial charge >= 0.3 is 23.1 Å². The lowest BCUT2D eigenvalue weighted by molar-refractivity contribution is 0.354. The van der Waals surface area contributed by atoms with Crippen LogP contribution in [0.15, 0.2) is 18.2 Å². The van der Waals surface area contributed by atoms with E-state index in [4.69, 9.17) is 9.47 Å². The van der Waals surface area contributed by atoms with E-state index in [-0.39, 0.29) is 23.1 Å². The summed E-state index contributed by atoms with van der Waals surface area (Å²) in [7, 11) is 3.29.